The van der Waals surface area contributed by atoms with E-state index in [0.717, 1.165) is 4.47 Å². The molecule has 0 spiro atoms. The number of aromatic nitrogens is 1. The highest BCUT2D eigenvalue weighted by Gasteiger charge is 2.14. The second-order valence-electron chi connectivity index (χ2n) is 9.59. The van der Waals surface area contributed by atoms with Gasteiger partial charge in [0.1, 0.15) is 0 Å². The van der Waals surface area contributed by atoms with Crippen molar-refractivity contribution in [3.8, 4) is 39.1 Å². The number of halogens is 1. The lowest BCUT2D eigenvalue weighted by Crippen LogP contribution is -1.93. The Balaban J connectivity index is 1.43. The molecule has 0 radical (unpaired) electrons. The van der Waals surface area contributed by atoms with Gasteiger partial charge in [-0.05, 0) is 81.9 Å². The average Bonchev–Trinajstić information content (AvgIpc) is 3.31. The third kappa shape index (κ3) is 4.04. The molecule has 0 aliphatic rings. The van der Waals surface area contributed by atoms with Crippen LogP contribution in [0.5, 0.6) is 0 Å². The van der Waals surface area contributed by atoms with Gasteiger partial charge in [0.15, 0.2) is 0 Å². The summed E-state index contributed by atoms with van der Waals surface area (Å²) in [7, 11) is 0. The first-order valence-electron chi connectivity index (χ1n) is 12.8. The van der Waals surface area contributed by atoms with Gasteiger partial charge in [0.05, 0.1) is 11.0 Å². The van der Waals surface area contributed by atoms with Crippen LogP contribution < -0.4 is 0 Å². The van der Waals surface area contributed by atoms with E-state index in [1.807, 2.05) is 0 Å². The predicted molar refractivity (Wildman–Crippen MR) is 165 cm³/mol. The second-order valence-corrected chi connectivity index (χ2v) is 10.5. The van der Waals surface area contributed by atoms with Crippen LogP contribution in [0.3, 0.4) is 0 Å². The second kappa shape index (κ2) is 9.48. The van der Waals surface area contributed by atoms with E-state index < -0.39 is 0 Å². The van der Waals surface area contributed by atoms with Gasteiger partial charge >= 0.3 is 0 Å². The molecular weight excluding hydrogens is 526 g/mol. The van der Waals surface area contributed by atoms with Gasteiger partial charge in [0.2, 0.25) is 0 Å². The number of hydrogen-bond acceptors (Lipinski definition) is 0. The fourth-order valence-corrected chi connectivity index (χ4v) is 5.65. The Morgan fingerprint density at radius 1 is 0.368 bits per heavy atom. The van der Waals surface area contributed by atoms with Crippen LogP contribution >= 0.6 is 15.9 Å². The number of nitrogens with zero attached hydrogens (tertiary/aromatic N) is 1. The summed E-state index contributed by atoms with van der Waals surface area (Å²) in [5.74, 6) is 0. The molecule has 7 aromatic rings. The van der Waals surface area contributed by atoms with Gasteiger partial charge in [-0.1, -0.05) is 113 Å². The molecule has 38 heavy (non-hydrogen) atoms. The molecule has 0 atom stereocenters. The molecule has 0 saturated carbocycles. The van der Waals surface area contributed by atoms with E-state index in [2.05, 4.69) is 166 Å². The summed E-state index contributed by atoms with van der Waals surface area (Å²) in [4.78, 5) is 0. The normalized spacial score (nSPS) is 11.3. The van der Waals surface area contributed by atoms with Gasteiger partial charge in [-0.3, -0.25) is 0 Å². The molecule has 0 aliphatic carbocycles. The molecule has 0 fully saturated rings. The minimum Gasteiger partial charge on any atom is -0.309 e. The van der Waals surface area contributed by atoms with Gasteiger partial charge in [-0.15, -0.1) is 0 Å². The van der Waals surface area contributed by atoms with Crippen molar-refractivity contribution >= 4 is 37.7 Å². The minimum absolute atomic E-state index is 1.09. The molecule has 7 rings (SSSR count). The van der Waals surface area contributed by atoms with Crippen molar-refractivity contribution in [3.05, 3.63) is 150 Å². The zero-order valence-electron chi connectivity index (χ0n) is 20.7. The number of hydrogen-bond donors (Lipinski definition) is 0. The summed E-state index contributed by atoms with van der Waals surface area (Å²) in [6.45, 7) is 0. The fourth-order valence-electron chi connectivity index (χ4n) is 5.39. The Morgan fingerprint density at radius 3 is 1.68 bits per heavy atom. The molecule has 2 heteroatoms. The number of benzene rings is 6. The Kier molecular flexibility index (Phi) is 5.68. The van der Waals surface area contributed by atoms with Crippen LogP contribution in [0, 0.1) is 0 Å². The van der Waals surface area contributed by atoms with Crippen LogP contribution in [-0.4, -0.2) is 4.57 Å². The maximum absolute atomic E-state index is 3.55. The highest BCUT2D eigenvalue weighted by molar-refractivity contribution is 9.10. The van der Waals surface area contributed by atoms with Gasteiger partial charge < -0.3 is 4.57 Å². The monoisotopic (exact) mass is 549 g/mol. The zero-order valence-corrected chi connectivity index (χ0v) is 22.3. The molecule has 1 nitrogen and oxygen atoms in total. The summed E-state index contributed by atoms with van der Waals surface area (Å²) in [5, 5.41) is 2.52. The van der Waals surface area contributed by atoms with Crippen LogP contribution in [0.4, 0.5) is 0 Å². The largest absolute Gasteiger partial charge is 0.309 e. The highest BCUT2D eigenvalue weighted by atomic mass is 79.9. The first kappa shape index (κ1) is 22.8. The lowest BCUT2D eigenvalue weighted by Gasteiger charge is -2.10. The Bertz CT molecular complexity index is 1900. The van der Waals surface area contributed by atoms with Crippen LogP contribution in [0.15, 0.2) is 150 Å². The van der Waals surface area contributed by atoms with Crippen molar-refractivity contribution in [2.45, 2.75) is 0 Å². The SMILES string of the molecule is Brc1ccc(-c2cccc(-c3ccc4c5cc(-c6ccccc6)ccc5n(-c5ccccc5)c4c3)c2)cc1. The van der Waals surface area contributed by atoms with Gasteiger partial charge in [-0.2, -0.15) is 0 Å². The predicted octanol–water partition coefficient (Wildman–Crippen LogP) is 10.5. The first-order chi connectivity index (χ1) is 18.7. The third-order valence-electron chi connectivity index (χ3n) is 7.26. The van der Waals surface area contributed by atoms with Crippen LogP contribution in [0.2, 0.25) is 0 Å². The van der Waals surface area contributed by atoms with Crippen molar-refractivity contribution in [1.29, 1.82) is 0 Å². The van der Waals surface area contributed by atoms with E-state index in [4.69, 9.17) is 0 Å². The maximum atomic E-state index is 3.55. The van der Waals surface area contributed by atoms with Crippen molar-refractivity contribution in [1.82, 2.24) is 4.57 Å². The molecule has 0 aliphatic heterocycles. The smallest absolute Gasteiger partial charge is 0.0547 e. The lowest BCUT2D eigenvalue weighted by molar-refractivity contribution is 1.18. The molecule has 0 amide bonds. The van der Waals surface area contributed by atoms with Crippen molar-refractivity contribution in [3.63, 3.8) is 0 Å². The van der Waals surface area contributed by atoms with Gasteiger partial charge in [0, 0.05) is 20.9 Å². The molecular formula is C36H24BrN. The Morgan fingerprint density at radius 2 is 0.921 bits per heavy atom. The summed E-state index contributed by atoms with van der Waals surface area (Å²) < 4.78 is 3.48. The molecule has 0 saturated heterocycles. The van der Waals surface area contributed by atoms with Crippen molar-refractivity contribution in [2.24, 2.45) is 0 Å². The Labute approximate surface area is 230 Å². The van der Waals surface area contributed by atoms with Crippen molar-refractivity contribution < 1.29 is 0 Å². The number of para-hydroxylation sites is 1. The zero-order chi connectivity index (χ0) is 25.5. The van der Waals surface area contributed by atoms with E-state index in [-0.39, 0.29) is 0 Å². The Hall–Kier alpha value is -4.40. The van der Waals surface area contributed by atoms with Crippen molar-refractivity contribution in [2.75, 3.05) is 0 Å². The summed E-state index contributed by atoms with van der Waals surface area (Å²) in [6.07, 6.45) is 0. The topological polar surface area (TPSA) is 4.93 Å². The van der Waals surface area contributed by atoms with E-state index in [9.17, 15) is 0 Å². The molecule has 1 heterocycles. The first-order valence-corrected chi connectivity index (χ1v) is 13.6. The van der Waals surface area contributed by atoms with Gasteiger partial charge in [-0.25, -0.2) is 0 Å². The van der Waals surface area contributed by atoms with E-state index in [0.29, 0.717) is 0 Å². The van der Waals surface area contributed by atoms with E-state index >= 15 is 0 Å². The molecule has 0 N–H and O–H groups in total. The minimum atomic E-state index is 1.09. The third-order valence-corrected chi connectivity index (χ3v) is 7.79. The van der Waals surface area contributed by atoms with E-state index in [1.54, 1.807) is 0 Å². The number of rotatable bonds is 4. The molecule has 6 aromatic carbocycles. The number of fused-ring (bicyclic) bond motifs is 3. The fraction of sp³-hybridized carbons (Fsp3) is 0. The van der Waals surface area contributed by atoms with Crippen LogP contribution in [0.25, 0.3) is 60.9 Å². The summed E-state index contributed by atoms with van der Waals surface area (Å²) in [5.41, 5.74) is 10.9. The molecule has 180 valence electrons. The van der Waals surface area contributed by atoms with Crippen LogP contribution in [-0.2, 0) is 0 Å². The average molecular weight is 550 g/mol. The highest BCUT2D eigenvalue weighted by Crippen LogP contribution is 2.37. The van der Waals surface area contributed by atoms with Crippen LogP contribution in [0.1, 0.15) is 0 Å². The molecule has 0 bridgehead atoms. The quantitative estimate of drug-likeness (QED) is 0.205. The molecule has 0 unspecified atom stereocenters. The summed E-state index contributed by atoms with van der Waals surface area (Å²) in [6, 6.07) is 52.3. The molecule has 1 aromatic heterocycles. The van der Waals surface area contributed by atoms with Gasteiger partial charge in [0.25, 0.3) is 0 Å². The maximum Gasteiger partial charge on any atom is 0.0547 e. The summed E-state index contributed by atoms with van der Waals surface area (Å²) >= 11 is 3.55. The standard InChI is InChI=1S/C36H24BrN/c37-31-18-14-26(15-19-31)27-10-7-11-28(22-27)30-16-20-33-34-23-29(25-8-3-1-4-9-25)17-21-35(34)38(36(33)24-30)32-12-5-2-6-13-32/h1-24H. The van der Waals surface area contributed by atoms with E-state index in [1.165, 1.54) is 60.9 Å². The lowest BCUT2D eigenvalue weighted by atomic mass is 9.98.